The van der Waals surface area contributed by atoms with Gasteiger partial charge in [0.1, 0.15) is 11.2 Å². The second kappa shape index (κ2) is 11.7. The van der Waals surface area contributed by atoms with Gasteiger partial charge in [-0.05, 0) is 152 Å². The van der Waals surface area contributed by atoms with Crippen LogP contribution in [0.25, 0.3) is 44.2 Å². The fourth-order valence-corrected chi connectivity index (χ4v) is 14.3. The van der Waals surface area contributed by atoms with Gasteiger partial charge in [-0.25, -0.2) is 0 Å². The number of hydrogen-bond acceptors (Lipinski definition) is 3. The maximum absolute atomic E-state index is 7.53. The van der Waals surface area contributed by atoms with Gasteiger partial charge in [0.25, 0.3) is 0 Å². The summed E-state index contributed by atoms with van der Waals surface area (Å²) in [7, 11) is 0. The number of benzene rings is 6. The van der Waals surface area contributed by atoms with E-state index in [0.29, 0.717) is 0 Å². The van der Waals surface area contributed by atoms with Gasteiger partial charge in [0, 0.05) is 49.9 Å². The summed E-state index contributed by atoms with van der Waals surface area (Å²) in [6.45, 7) is 27.2. The Morgan fingerprint density at radius 1 is 0.603 bits per heavy atom. The monoisotopic (exact) mass is 824 g/mol. The number of nitrogens with zero attached hydrogens (tertiary/aromatic N) is 2. The van der Waals surface area contributed by atoms with Gasteiger partial charge in [0.2, 0.25) is 0 Å². The van der Waals surface area contributed by atoms with E-state index >= 15 is 0 Å². The average Bonchev–Trinajstić information content (AvgIpc) is 3.81. The van der Waals surface area contributed by atoms with Crippen LogP contribution in [-0.2, 0) is 27.1 Å². The Bertz CT molecular complexity index is 3200. The standard InChI is InChI=1S/C59H61BN2O/c1-54(2,3)34-29-43-52-44(30-34)60-51-46(61(52)59(11)26-18-17-25-58(43,59)10)32-39-36-21-15-16-22-40(36)57(8,9)50(39)49(51)48-45(62(60)35-19-13-12-14-20-35)24-23-37-38-31-41-42(33-47(38)63-53(37)48)56(6,7)28-27-55(41,4)5/h12-16,19-24,29-33H,17-18,25-28H2,1-11H3. The highest BCUT2D eigenvalue weighted by Crippen LogP contribution is 2.65. The normalized spacial score (nSPS) is 23.8. The molecule has 7 aromatic rings. The maximum atomic E-state index is 7.53. The summed E-state index contributed by atoms with van der Waals surface area (Å²) < 4.78 is 7.53. The molecule has 6 aromatic carbocycles. The van der Waals surface area contributed by atoms with Crippen molar-refractivity contribution in [2.24, 2.45) is 0 Å². The molecule has 1 aromatic heterocycles. The highest BCUT2D eigenvalue weighted by atomic mass is 16.3. The molecule has 6 aliphatic rings. The molecule has 0 amide bonds. The molecule has 1 fully saturated rings. The van der Waals surface area contributed by atoms with Gasteiger partial charge in [0.05, 0.1) is 5.54 Å². The first-order valence-electron chi connectivity index (χ1n) is 24.1. The summed E-state index contributed by atoms with van der Waals surface area (Å²) >= 11 is 0. The second-order valence-corrected chi connectivity index (χ2v) is 23.8. The lowest BCUT2D eigenvalue weighted by Crippen LogP contribution is -2.65. The van der Waals surface area contributed by atoms with Crippen molar-refractivity contribution in [3.63, 3.8) is 0 Å². The molecule has 1 saturated carbocycles. The number of anilines is 4. The quantitative estimate of drug-likeness (QED) is 0.154. The molecule has 316 valence electrons. The molecule has 3 aliphatic carbocycles. The second-order valence-electron chi connectivity index (χ2n) is 23.8. The van der Waals surface area contributed by atoms with Gasteiger partial charge in [-0.15, -0.1) is 0 Å². The van der Waals surface area contributed by atoms with Crippen LogP contribution >= 0.6 is 0 Å². The fraction of sp³-hybridized carbons (Fsp3) is 0.390. The van der Waals surface area contributed by atoms with Gasteiger partial charge in [-0.3, -0.25) is 0 Å². The Balaban J connectivity index is 1.23. The first-order chi connectivity index (χ1) is 29.9. The summed E-state index contributed by atoms with van der Waals surface area (Å²) in [5, 5.41) is 2.46. The van der Waals surface area contributed by atoms with Crippen LogP contribution in [0, 0.1) is 0 Å². The van der Waals surface area contributed by atoms with E-state index in [9.17, 15) is 0 Å². The molecule has 63 heavy (non-hydrogen) atoms. The van der Waals surface area contributed by atoms with E-state index in [1.54, 1.807) is 5.56 Å². The molecule has 0 N–H and O–H groups in total. The van der Waals surface area contributed by atoms with Crippen molar-refractivity contribution in [2.75, 3.05) is 9.71 Å². The smallest absolute Gasteiger partial charge is 0.333 e. The Kier molecular flexibility index (Phi) is 7.12. The van der Waals surface area contributed by atoms with E-state index in [4.69, 9.17) is 4.42 Å². The highest BCUT2D eigenvalue weighted by Gasteiger charge is 2.63. The zero-order valence-corrected chi connectivity index (χ0v) is 39.4. The van der Waals surface area contributed by atoms with Gasteiger partial charge in [-0.1, -0.05) is 137 Å². The molecule has 3 aliphatic heterocycles. The summed E-state index contributed by atoms with van der Waals surface area (Å²) in [4.78, 5) is 5.64. The topological polar surface area (TPSA) is 19.6 Å². The summed E-state index contributed by atoms with van der Waals surface area (Å²) in [6.07, 6.45) is 7.25. The van der Waals surface area contributed by atoms with Crippen LogP contribution in [0.4, 0.5) is 22.7 Å². The predicted molar refractivity (Wildman–Crippen MR) is 267 cm³/mol. The Morgan fingerprint density at radius 2 is 1.30 bits per heavy atom. The molecule has 4 heterocycles. The molecule has 0 saturated heterocycles. The third-order valence-corrected chi connectivity index (χ3v) is 18.2. The van der Waals surface area contributed by atoms with Crippen molar-refractivity contribution in [3.8, 4) is 22.3 Å². The third-order valence-electron chi connectivity index (χ3n) is 18.2. The predicted octanol–water partition coefficient (Wildman–Crippen LogP) is 14.5. The van der Waals surface area contributed by atoms with E-state index in [1.807, 2.05) is 0 Å². The van der Waals surface area contributed by atoms with E-state index in [1.165, 1.54) is 133 Å². The van der Waals surface area contributed by atoms with Crippen molar-refractivity contribution >= 4 is 62.5 Å². The van der Waals surface area contributed by atoms with Crippen LogP contribution in [0.2, 0.25) is 0 Å². The van der Waals surface area contributed by atoms with Crippen LogP contribution in [0.3, 0.4) is 0 Å². The van der Waals surface area contributed by atoms with E-state index in [2.05, 4.69) is 183 Å². The summed E-state index contributed by atoms with van der Waals surface area (Å²) in [6, 6.07) is 38.4. The van der Waals surface area contributed by atoms with Crippen molar-refractivity contribution in [3.05, 3.63) is 130 Å². The lowest BCUT2D eigenvalue weighted by atomic mass is 9.42. The first-order valence-corrected chi connectivity index (χ1v) is 24.1. The summed E-state index contributed by atoms with van der Waals surface area (Å²) in [5.41, 5.74) is 24.3. The Morgan fingerprint density at radius 3 is 2.05 bits per heavy atom. The number of hydrogen-bond donors (Lipinski definition) is 0. The molecule has 2 atom stereocenters. The van der Waals surface area contributed by atoms with Crippen LogP contribution in [0.15, 0.2) is 101 Å². The SMILES string of the molecule is CC(C)(C)c1cc2c3c(c1)C1(C)CCCCC1(C)N3c1cc3c(c4c1B2N(c1ccccc1)c1ccc2c(oc5cc6c(cc52)C(C)(C)CCC6(C)C)c1-4)C(C)(C)c1ccccc1-3. The molecule has 3 nitrogen and oxygen atoms in total. The van der Waals surface area contributed by atoms with Crippen LogP contribution in [0.5, 0.6) is 0 Å². The van der Waals surface area contributed by atoms with E-state index in [0.717, 1.165) is 11.2 Å². The zero-order chi connectivity index (χ0) is 43.5. The molecule has 2 unspecified atom stereocenters. The van der Waals surface area contributed by atoms with Gasteiger partial charge in [-0.2, -0.15) is 0 Å². The van der Waals surface area contributed by atoms with Crippen molar-refractivity contribution in [1.29, 1.82) is 0 Å². The lowest BCUT2D eigenvalue weighted by Gasteiger charge is -2.53. The number of para-hydroxylation sites is 1. The largest absolute Gasteiger partial charge is 0.455 e. The minimum Gasteiger partial charge on any atom is -0.455 e. The molecular weight excluding hydrogens is 763 g/mol. The van der Waals surface area contributed by atoms with E-state index < -0.39 is 0 Å². The summed E-state index contributed by atoms with van der Waals surface area (Å²) in [5.74, 6) is 0. The van der Waals surface area contributed by atoms with Gasteiger partial charge >= 0.3 is 6.85 Å². The number of fused-ring (bicyclic) bond motifs is 16. The van der Waals surface area contributed by atoms with Crippen molar-refractivity contribution < 1.29 is 4.42 Å². The number of rotatable bonds is 1. The molecule has 0 bridgehead atoms. The lowest BCUT2D eigenvalue weighted by molar-refractivity contribution is 0.195. The van der Waals surface area contributed by atoms with Crippen LogP contribution < -0.4 is 20.6 Å². The van der Waals surface area contributed by atoms with E-state index in [-0.39, 0.29) is 39.5 Å². The minimum absolute atomic E-state index is 0.00423. The third kappa shape index (κ3) is 4.54. The average molecular weight is 825 g/mol. The zero-order valence-electron chi connectivity index (χ0n) is 39.4. The molecular formula is C59H61BN2O. The van der Waals surface area contributed by atoms with Crippen LogP contribution in [0.1, 0.15) is 148 Å². The Hall–Kier alpha value is -5.22. The first kappa shape index (κ1) is 38.3. The minimum atomic E-state index is -0.235. The van der Waals surface area contributed by atoms with Gasteiger partial charge in [0.15, 0.2) is 0 Å². The molecule has 4 heteroatoms. The molecule has 0 spiro atoms. The molecule has 0 radical (unpaired) electrons. The fourth-order valence-electron chi connectivity index (χ4n) is 14.3. The van der Waals surface area contributed by atoms with Gasteiger partial charge < -0.3 is 14.1 Å². The maximum Gasteiger partial charge on any atom is 0.333 e. The van der Waals surface area contributed by atoms with Crippen LogP contribution in [-0.4, -0.2) is 12.4 Å². The number of furan rings is 1. The highest BCUT2D eigenvalue weighted by molar-refractivity contribution is 6.94. The van der Waals surface area contributed by atoms with Crippen molar-refractivity contribution in [1.82, 2.24) is 0 Å². The Labute approximate surface area is 375 Å². The molecule has 13 rings (SSSR count). The van der Waals surface area contributed by atoms with Crippen molar-refractivity contribution in [2.45, 2.75) is 147 Å².